The van der Waals surface area contributed by atoms with Crippen molar-refractivity contribution in [1.29, 1.82) is 0 Å². The number of carbonyl (C=O) groups is 2. The normalized spacial score (nSPS) is 14.5. The molecule has 0 aliphatic carbocycles. The van der Waals surface area contributed by atoms with Gasteiger partial charge in [0.15, 0.2) is 9.84 Å². The molecule has 1 aliphatic rings. The maximum absolute atomic E-state index is 13.5. The van der Waals surface area contributed by atoms with Crippen LogP contribution in [-0.2, 0) is 20.4 Å². The summed E-state index contributed by atoms with van der Waals surface area (Å²) in [5.74, 6) is -2.42. The summed E-state index contributed by atoms with van der Waals surface area (Å²) < 4.78 is 39.3. The van der Waals surface area contributed by atoms with Gasteiger partial charge in [0.1, 0.15) is 5.82 Å². The molecular formula is C23H19FN2O5S. The van der Waals surface area contributed by atoms with E-state index in [-0.39, 0.29) is 21.8 Å². The molecule has 3 N–H and O–H groups in total. The summed E-state index contributed by atoms with van der Waals surface area (Å²) in [6, 6.07) is 9.67. The Morgan fingerprint density at radius 2 is 1.91 bits per heavy atom. The maximum atomic E-state index is 13.5. The topological polar surface area (TPSA) is 116 Å². The minimum atomic E-state index is -3.81. The number of aromatic nitrogens is 1. The van der Waals surface area contributed by atoms with Crippen molar-refractivity contribution in [2.75, 3.05) is 5.32 Å². The molecule has 3 aromatic rings. The van der Waals surface area contributed by atoms with E-state index in [1.54, 1.807) is 13.8 Å². The average Bonchev–Trinajstić information content (AvgIpc) is 3.16. The Hall–Kier alpha value is -3.72. The van der Waals surface area contributed by atoms with Gasteiger partial charge in [0, 0.05) is 22.6 Å². The van der Waals surface area contributed by atoms with E-state index in [9.17, 15) is 27.5 Å². The molecule has 0 saturated carbocycles. The number of anilines is 1. The van der Waals surface area contributed by atoms with Crippen LogP contribution in [0.15, 0.2) is 47.4 Å². The van der Waals surface area contributed by atoms with Crippen LogP contribution in [0, 0.1) is 19.7 Å². The van der Waals surface area contributed by atoms with Crippen LogP contribution in [0.5, 0.6) is 0 Å². The number of sulfone groups is 1. The smallest absolute Gasteiger partial charge is 0.337 e. The quantitative estimate of drug-likeness (QED) is 0.505. The zero-order chi connectivity index (χ0) is 23.2. The van der Waals surface area contributed by atoms with Gasteiger partial charge in [-0.25, -0.2) is 17.6 Å². The fourth-order valence-corrected chi connectivity index (χ4v) is 5.17. The number of fused-ring (bicyclic) bond motifs is 1. The highest BCUT2D eigenvalue weighted by molar-refractivity contribution is 7.90. The number of carbonyl (C=O) groups excluding carboxylic acids is 1. The van der Waals surface area contributed by atoms with E-state index in [0.29, 0.717) is 33.8 Å². The van der Waals surface area contributed by atoms with Crippen LogP contribution in [0.3, 0.4) is 0 Å². The highest BCUT2D eigenvalue weighted by atomic mass is 32.2. The fourth-order valence-electron chi connectivity index (χ4n) is 3.82. The molecule has 0 atom stereocenters. The van der Waals surface area contributed by atoms with Crippen LogP contribution >= 0.6 is 0 Å². The molecule has 0 radical (unpaired) electrons. The Labute approximate surface area is 183 Å². The number of carboxylic acid groups (broad SMARTS) is 1. The first kappa shape index (κ1) is 21.5. The second kappa shape index (κ2) is 7.76. The third-order valence-corrected chi connectivity index (χ3v) is 7.04. The molecule has 0 fully saturated rings. The van der Waals surface area contributed by atoms with Crippen LogP contribution in [-0.4, -0.2) is 30.4 Å². The van der Waals surface area contributed by atoms with Gasteiger partial charge in [-0.3, -0.25) is 4.79 Å². The number of aryl methyl sites for hydroxylation is 1. The molecule has 32 heavy (non-hydrogen) atoms. The van der Waals surface area contributed by atoms with Crippen LogP contribution < -0.4 is 5.32 Å². The standard InChI is InChI=1S/C23H19FN2O5S/c1-12-20(25-13(2)21(12)23(28)29)10-18-17-9-16(6-7-19(17)26-22(18)27)32(30,31)11-14-4-3-5-15(24)8-14/h3-10,25H,11H2,1-2H3,(H,26,27)(H,28,29)/b18-10-. The summed E-state index contributed by atoms with van der Waals surface area (Å²) in [5.41, 5.74) is 2.86. The first-order valence-electron chi connectivity index (χ1n) is 9.64. The molecule has 2 aromatic carbocycles. The second-order valence-electron chi connectivity index (χ2n) is 7.58. The average molecular weight is 454 g/mol. The Bertz CT molecular complexity index is 1420. The van der Waals surface area contributed by atoms with Gasteiger partial charge >= 0.3 is 5.97 Å². The molecule has 4 rings (SSSR count). The van der Waals surface area contributed by atoms with Crippen molar-refractivity contribution in [3.8, 4) is 0 Å². The highest BCUT2D eigenvalue weighted by Crippen LogP contribution is 2.36. The molecular weight excluding hydrogens is 435 g/mol. The molecule has 1 amide bonds. The second-order valence-corrected chi connectivity index (χ2v) is 9.57. The van der Waals surface area contributed by atoms with Crippen molar-refractivity contribution >= 4 is 39.1 Å². The summed E-state index contributed by atoms with van der Waals surface area (Å²) >= 11 is 0. The zero-order valence-corrected chi connectivity index (χ0v) is 18.0. The molecule has 1 aromatic heterocycles. The SMILES string of the molecule is Cc1[nH]c(/C=C2\C(=O)Nc3ccc(S(=O)(=O)Cc4cccc(F)c4)cc32)c(C)c1C(=O)O. The number of hydrogen-bond donors (Lipinski definition) is 3. The molecule has 0 unspecified atom stereocenters. The Morgan fingerprint density at radius 1 is 1.16 bits per heavy atom. The van der Waals surface area contributed by atoms with Crippen LogP contribution in [0.2, 0.25) is 0 Å². The Balaban J connectivity index is 1.75. The molecule has 2 heterocycles. The van der Waals surface area contributed by atoms with E-state index in [2.05, 4.69) is 10.3 Å². The summed E-state index contributed by atoms with van der Waals surface area (Å²) in [7, 11) is -3.81. The first-order valence-corrected chi connectivity index (χ1v) is 11.3. The predicted molar refractivity (Wildman–Crippen MR) is 117 cm³/mol. The van der Waals surface area contributed by atoms with Crippen molar-refractivity contribution in [1.82, 2.24) is 4.98 Å². The van der Waals surface area contributed by atoms with Crippen LogP contribution in [0.25, 0.3) is 11.6 Å². The number of rotatable bonds is 5. The number of carboxylic acids is 1. The van der Waals surface area contributed by atoms with E-state index in [4.69, 9.17) is 0 Å². The van der Waals surface area contributed by atoms with Crippen LogP contribution in [0.1, 0.15) is 38.4 Å². The summed E-state index contributed by atoms with van der Waals surface area (Å²) in [5, 5.41) is 12.1. The number of aromatic carboxylic acids is 1. The third kappa shape index (κ3) is 3.82. The van der Waals surface area contributed by atoms with Gasteiger partial charge in [-0.1, -0.05) is 12.1 Å². The lowest BCUT2D eigenvalue weighted by molar-refractivity contribution is -0.110. The largest absolute Gasteiger partial charge is 0.478 e. The number of amides is 1. The molecule has 164 valence electrons. The molecule has 1 aliphatic heterocycles. The van der Waals surface area contributed by atoms with Gasteiger partial charge < -0.3 is 15.4 Å². The molecule has 0 saturated heterocycles. The molecule has 7 nitrogen and oxygen atoms in total. The van der Waals surface area contributed by atoms with Crippen LogP contribution in [0.4, 0.5) is 10.1 Å². The number of aromatic amines is 1. The molecule has 9 heteroatoms. The zero-order valence-electron chi connectivity index (χ0n) is 17.2. The minimum Gasteiger partial charge on any atom is -0.478 e. The van der Waals surface area contributed by atoms with Gasteiger partial charge in [0.25, 0.3) is 5.91 Å². The van der Waals surface area contributed by atoms with Gasteiger partial charge in [0.05, 0.1) is 21.8 Å². The van der Waals surface area contributed by atoms with Crippen molar-refractivity contribution in [3.63, 3.8) is 0 Å². The van der Waals surface area contributed by atoms with E-state index < -0.39 is 27.5 Å². The molecule has 0 bridgehead atoms. The number of nitrogens with one attached hydrogen (secondary N) is 2. The Kier molecular flexibility index (Phi) is 5.21. The minimum absolute atomic E-state index is 0.00600. The number of benzene rings is 2. The first-order chi connectivity index (χ1) is 15.1. The van der Waals surface area contributed by atoms with E-state index in [1.807, 2.05) is 0 Å². The number of hydrogen-bond acceptors (Lipinski definition) is 4. The highest BCUT2D eigenvalue weighted by Gasteiger charge is 2.28. The Morgan fingerprint density at radius 3 is 2.56 bits per heavy atom. The summed E-state index contributed by atoms with van der Waals surface area (Å²) in [6.07, 6.45) is 1.51. The number of halogens is 1. The summed E-state index contributed by atoms with van der Waals surface area (Å²) in [6.45, 7) is 3.26. The van der Waals surface area contributed by atoms with E-state index >= 15 is 0 Å². The summed E-state index contributed by atoms with van der Waals surface area (Å²) in [4.78, 5) is 27.0. The lowest BCUT2D eigenvalue weighted by Gasteiger charge is -2.07. The number of H-pyrrole nitrogens is 1. The van der Waals surface area contributed by atoms with E-state index in [1.165, 1.54) is 42.5 Å². The van der Waals surface area contributed by atoms with Gasteiger partial charge in [-0.2, -0.15) is 0 Å². The van der Waals surface area contributed by atoms with Crippen molar-refractivity contribution in [2.45, 2.75) is 24.5 Å². The van der Waals surface area contributed by atoms with E-state index in [0.717, 1.165) is 6.07 Å². The lowest BCUT2D eigenvalue weighted by atomic mass is 10.0. The maximum Gasteiger partial charge on any atom is 0.337 e. The molecule has 0 spiro atoms. The van der Waals surface area contributed by atoms with Gasteiger partial charge in [0.2, 0.25) is 0 Å². The third-order valence-electron chi connectivity index (χ3n) is 5.36. The van der Waals surface area contributed by atoms with Gasteiger partial charge in [-0.15, -0.1) is 0 Å². The van der Waals surface area contributed by atoms with Gasteiger partial charge in [-0.05, 0) is 61.4 Å². The van der Waals surface area contributed by atoms with Crippen molar-refractivity contribution in [3.05, 3.63) is 81.9 Å². The fraction of sp³-hybridized carbons (Fsp3) is 0.130. The van der Waals surface area contributed by atoms with Crippen molar-refractivity contribution in [2.24, 2.45) is 0 Å². The lowest BCUT2D eigenvalue weighted by Crippen LogP contribution is -2.05. The monoisotopic (exact) mass is 454 g/mol. The van der Waals surface area contributed by atoms with Crippen molar-refractivity contribution < 1.29 is 27.5 Å². The predicted octanol–water partition coefficient (Wildman–Crippen LogP) is 3.94.